The van der Waals surface area contributed by atoms with Gasteiger partial charge < -0.3 is 9.47 Å². The molecule has 0 atom stereocenters. The smallest absolute Gasteiger partial charge is 0.163 e. The van der Waals surface area contributed by atoms with Crippen molar-refractivity contribution in [1.82, 2.24) is 0 Å². The van der Waals surface area contributed by atoms with E-state index in [2.05, 4.69) is 29.8 Å². The third-order valence-electron chi connectivity index (χ3n) is 1.81. The number of ether oxygens (including phenoxy) is 2. The van der Waals surface area contributed by atoms with Gasteiger partial charge in [-0.05, 0) is 6.42 Å². The first-order valence-electron chi connectivity index (χ1n) is 3.96. The Morgan fingerprint density at radius 1 is 1.36 bits per heavy atom. The van der Waals surface area contributed by atoms with Crippen LogP contribution in [0.3, 0.4) is 0 Å². The van der Waals surface area contributed by atoms with Crippen LogP contribution in [0.4, 0.5) is 0 Å². The Morgan fingerprint density at radius 3 is 2.36 bits per heavy atom. The van der Waals surface area contributed by atoms with Gasteiger partial charge in [-0.1, -0.05) is 29.8 Å². The average Bonchev–Trinajstić information content (AvgIpc) is 2.06. The van der Waals surface area contributed by atoms with Crippen molar-refractivity contribution in [2.45, 2.75) is 26.6 Å². The monoisotopic (exact) mass is 222 g/mol. The first kappa shape index (κ1) is 9.49. The van der Waals surface area contributed by atoms with Crippen molar-refractivity contribution in [3.8, 4) is 0 Å². The maximum atomic E-state index is 5.48. The van der Waals surface area contributed by atoms with Gasteiger partial charge in [0.05, 0.1) is 13.2 Å². The van der Waals surface area contributed by atoms with Crippen molar-refractivity contribution < 1.29 is 9.47 Å². The molecule has 0 aliphatic carbocycles. The van der Waals surface area contributed by atoms with E-state index in [4.69, 9.17) is 9.47 Å². The molecule has 1 aliphatic rings. The normalized spacial score (nSPS) is 22.1. The summed E-state index contributed by atoms with van der Waals surface area (Å²) in [6.07, 6.45) is 0.991. The summed E-state index contributed by atoms with van der Waals surface area (Å²) in [5.74, 6) is 0. The van der Waals surface area contributed by atoms with Gasteiger partial charge in [-0.15, -0.1) is 0 Å². The van der Waals surface area contributed by atoms with Crippen LogP contribution in [0.15, 0.2) is 0 Å². The van der Waals surface area contributed by atoms with Crippen LogP contribution >= 0.6 is 15.9 Å². The summed E-state index contributed by atoms with van der Waals surface area (Å²) >= 11 is 3.45. The highest BCUT2D eigenvalue weighted by molar-refractivity contribution is 9.09. The Labute approximate surface area is 76.4 Å². The van der Waals surface area contributed by atoms with Crippen LogP contribution in [0.1, 0.15) is 20.3 Å². The standard InChI is InChI=1S/C8H15BrO2/c1-8(2,6-9)7-10-4-3-5-11-7/h7H,3-6H2,1-2H3. The molecule has 0 radical (unpaired) electrons. The molecule has 1 rings (SSSR count). The molecule has 66 valence electrons. The second-order valence-electron chi connectivity index (χ2n) is 3.55. The summed E-state index contributed by atoms with van der Waals surface area (Å²) in [6.45, 7) is 5.94. The van der Waals surface area contributed by atoms with E-state index < -0.39 is 0 Å². The zero-order valence-corrected chi connectivity index (χ0v) is 8.69. The minimum atomic E-state index is -0.0318. The zero-order valence-electron chi connectivity index (χ0n) is 7.10. The molecule has 0 unspecified atom stereocenters. The van der Waals surface area contributed by atoms with E-state index >= 15 is 0 Å². The minimum Gasteiger partial charge on any atom is -0.352 e. The highest BCUT2D eigenvalue weighted by Crippen LogP contribution is 2.28. The molecule has 1 aliphatic heterocycles. The molecule has 0 aromatic carbocycles. The van der Waals surface area contributed by atoms with Gasteiger partial charge in [0, 0.05) is 10.7 Å². The van der Waals surface area contributed by atoms with Gasteiger partial charge in [-0.25, -0.2) is 0 Å². The van der Waals surface area contributed by atoms with Crippen molar-refractivity contribution in [3.63, 3.8) is 0 Å². The summed E-state index contributed by atoms with van der Waals surface area (Å²) in [4.78, 5) is 0. The van der Waals surface area contributed by atoms with Crippen LogP contribution in [0, 0.1) is 5.41 Å². The van der Waals surface area contributed by atoms with Crippen LogP contribution in [-0.4, -0.2) is 24.8 Å². The lowest BCUT2D eigenvalue weighted by Gasteiger charge is -2.34. The van der Waals surface area contributed by atoms with Gasteiger partial charge in [0.25, 0.3) is 0 Å². The Balaban J connectivity index is 2.43. The predicted octanol–water partition coefficient (Wildman–Crippen LogP) is 2.17. The molecule has 11 heavy (non-hydrogen) atoms. The van der Waals surface area contributed by atoms with E-state index in [1.807, 2.05) is 0 Å². The molecular weight excluding hydrogens is 208 g/mol. The largest absolute Gasteiger partial charge is 0.352 e. The fraction of sp³-hybridized carbons (Fsp3) is 1.00. The van der Waals surface area contributed by atoms with Crippen LogP contribution in [0.2, 0.25) is 0 Å². The van der Waals surface area contributed by atoms with E-state index in [9.17, 15) is 0 Å². The van der Waals surface area contributed by atoms with Crippen LogP contribution in [-0.2, 0) is 9.47 Å². The maximum Gasteiger partial charge on any atom is 0.163 e. The fourth-order valence-electron chi connectivity index (χ4n) is 1.00. The Kier molecular flexibility index (Phi) is 3.34. The number of alkyl halides is 1. The molecule has 0 aromatic rings. The van der Waals surface area contributed by atoms with E-state index in [1.54, 1.807) is 0 Å². The second-order valence-corrected chi connectivity index (χ2v) is 4.11. The summed E-state index contributed by atoms with van der Waals surface area (Å²) in [5.41, 5.74) is 0.0837. The Bertz CT molecular complexity index is 119. The molecule has 2 nitrogen and oxygen atoms in total. The summed E-state index contributed by atoms with van der Waals surface area (Å²) in [5, 5.41) is 0.907. The van der Waals surface area contributed by atoms with Gasteiger partial charge in [0.2, 0.25) is 0 Å². The number of hydrogen-bond acceptors (Lipinski definition) is 2. The molecule has 0 spiro atoms. The van der Waals surface area contributed by atoms with Gasteiger partial charge >= 0.3 is 0 Å². The van der Waals surface area contributed by atoms with E-state index in [0.717, 1.165) is 25.0 Å². The molecular formula is C8H15BrO2. The van der Waals surface area contributed by atoms with Crippen molar-refractivity contribution in [1.29, 1.82) is 0 Å². The van der Waals surface area contributed by atoms with Crippen LogP contribution < -0.4 is 0 Å². The molecule has 0 saturated carbocycles. The van der Waals surface area contributed by atoms with Crippen molar-refractivity contribution in [2.24, 2.45) is 5.41 Å². The van der Waals surface area contributed by atoms with Gasteiger partial charge in [0.1, 0.15) is 0 Å². The average molecular weight is 223 g/mol. The van der Waals surface area contributed by atoms with E-state index in [-0.39, 0.29) is 11.7 Å². The van der Waals surface area contributed by atoms with E-state index in [1.165, 1.54) is 0 Å². The molecule has 0 N–H and O–H groups in total. The van der Waals surface area contributed by atoms with Crippen molar-refractivity contribution in [3.05, 3.63) is 0 Å². The first-order chi connectivity index (χ1) is 5.17. The summed E-state index contributed by atoms with van der Waals surface area (Å²) < 4.78 is 11.0. The lowest BCUT2D eigenvalue weighted by atomic mass is 9.95. The fourth-order valence-corrected chi connectivity index (χ4v) is 1.27. The maximum absolute atomic E-state index is 5.48. The Morgan fingerprint density at radius 2 is 1.91 bits per heavy atom. The van der Waals surface area contributed by atoms with Gasteiger partial charge in [-0.3, -0.25) is 0 Å². The lowest BCUT2D eigenvalue weighted by Crippen LogP contribution is -2.39. The van der Waals surface area contributed by atoms with Crippen LogP contribution in [0.5, 0.6) is 0 Å². The molecule has 0 aromatic heterocycles. The molecule has 1 heterocycles. The number of halogens is 1. The Hall–Kier alpha value is 0.400. The zero-order chi connectivity index (χ0) is 8.32. The number of hydrogen-bond donors (Lipinski definition) is 0. The lowest BCUT2D eigenvalue weighted by molar-refractivity contribution is -0.222. The molecule has 1 saturated heterocycles. The minimum absolute atomic E-state index is 0.0318. The molecule has 0 amide bonds. The van der Waals surface area contributed by atoms with Gasteiger partial charge in [0.15, 0.2) is 6.29 Å². The summed E-state index contributed by atoms with van der Waals surface area (Å²) in [6, 6.07) is 0. The van der Waals surface area contributed by atoms with E-state index in [0.29, 0.717) is 0 Å². The highest BCUT2D eigenvalue weighted by Gasteiger charge is 2.31. The molecule has 1 fully saturated rings. The molecule has 3 heteroatoms. The summed E-state index contributed by atoms with van der Waals surface area (Å²) in [7, 11) is 0. The first-order valence-corrected chi connectivity index (χ1v) is 5.08. The third kappa shape index (κ3) is 2.42. The third-order valence-corrected chi connectivity index (χ3v) is 3.25. The van der Waals surface area contributed by atoms with Crippen molar-refractivity contribution in [2.75, 3.05) is 18.5 Å². The predicted molar refractivity (Wildman–Crippen MR) is 47.9 cm³/mol. The SMILES string of the molecule is CC(C)(CBr)C1OCCCO1. The van der Waals surface area contributed by atoms with Gasteiger partial charge in [-0.2, -0.15) is 0 Å². The highest BCUT2D eigenvalue weighted by atomic mass is 79.9. The van der Waals surface area contributed by atoms with Crippen LogP contribution in [0.25, 0.3) is 0 Å². The van der Waals surface area contributed by atoms with Crippen molar-refractivity contribution >= 4 is 15.9 Å². The topological polar surface area (TPSA) is 18.5 Å². The number of rotatable bonds is 2. The molecule has 0 bridgehead atoms. The second kappa shape index (κ2) is 3.87. The quantitative estimate of drug-likeness (QED) is 0.668.